The van der Waals surface area contributed by atoms with Crippen molar-refractivity contribution in [3.8, 4) is 0 Å². The Bertz CT molecular complexity index is 1060. The zero-order valence-electron chi connectivity index (χ0n) is 17.7. The second kappa shape index (κ2) is 9.84. The lowest BCUT2D eigenvalue weighted by atomic mass is 10.0. The average Bonchev–Trinajstić information content (AvgIpc) is 3.26. The van der Waals surface area contributed by atoms with Crippen LogP contribution < -0.4 is 5.32 Å². The lowest BCUT2D eigenvalue weighted by Crippen LogP contribution is -2.31. The quantitative estimate of drug-likeness (QED) is 0.435. The number of ketones is 1. The number of benzene rings is 2. The van der Waals surface area contributed by atoms with Crippen molar-refractivity contribution in [3.05, 3.63) is 83.6 Å². The van der Waals surface area contributed by atoms with E-state index in [1.807, 2.05) is 19.9 Å². The van der Waals surface area contributed by atoms with Gasteiger partial charge in [-0.05, 0) is 32.4 Å². The molecule has 2 aromatic carbocycles. The molecule has 3 aromatic rings. The summed E-state index contributed by atoms with van der Waals surface area (Å²) in [5, 5.41) is 6.96. The Morgan fingerprint density at radius 3 is 2.19 bits per heavy atom. The molecule has 0 aliphatic rings. The number of nitrogens with zero attached hydrogens (tertiary/aromatic N) is 2. The first kappa shape index (κ1) is 22.0. The van der Waals surface area contributed by atoms with Crippen molar-refractivity contribution in [1.29, 1.82) is 0 Å². The Kier molecular flexibility index (Phi) is 6.97. The number of rotatable bonds is 8. The van der Waals surface area contributed by atoms with Crippen molar-refractivity contribution in [2.24, 2.45) is 0 Å². The van der Waals surface area contributed by atoms with Crippen molar-refractivity contribution in [2.45, 2.75) is 39.3 Å². The summed E-state index contributed by atoms with van der Waals surface area (Å²) in [7, 11) is 0. The third kappa shape index (κ3) is 5.25. The molecule has 3 rings (SSSR count). The van der Waals surface area contributed by atoms with Crippen LogP contribution in [0.4, 0.5) is 5.82 Å². The van der Waals surface area contributed by atoms with Gasteiger partial charge in [-0.1, -0.05) is 49.4 Å². The Morgan fingerprint density at radius 2 is 1.55 bits per heavy atom. The van der Waals surface area contributed by atoms with Gasteiger partial charge in [0.2, 0.25) is 0 Å². The molecule has 160 valence electrons. The third-order valence-electron chi connectivity index (χ3n) is 5.00. The van der Waals surface area contributed by atoms with Crippen LogP contribution in [-0.4, -0.2) is 33.5 Å². The van der Waals surface area contributed by atoms with Gasteiger partial charge in [0.1, 0.15) is 5.82 Å². The van der Waals surface area contributed by atoms with Gasteiger partial charge in [0, 0.05) is 17.2 Å². The molecule has 0 aliphatic carbocycles. The number of ether oxygens (including phenoxy) is 1. The lowest BCUT2D eigenvalue weighted by molar-refractivity contribution is -0.123. The summed E-state index contributed by atoms with van der Waals surface area (Å²) in [6, 6.07) is 16.9. The summed E-state index contributed by atoms with van der Waals surface area (Å²) >= 11 is 0. The number of aromatic nitrogens is 2. The van der Waals surface area contributed by atoms with Crippen LogP contribution in [0.2, 0.25) is 0 Å². The van der Waals surface area contributed by atoms with E-state index in [9.17, 15) is 14.4 Å². The molecule has 0 radical (unpaired) electrons. The van der Waals surface area contributed by atoms with Crippen LogP contribution in [0.25, 0.3) is 0 Å². The van der Waals surface area contributed by atoms with E-state index in [1.165, 1.54) is 19.1 Å². The normalized spacial score (nSPS) is 12.6. The van der Waals surface area contributed by atoms with E-state index in [4.69, 9.17) is 4.74 Å². The Balaban J connectivity index is 1.61. The molecular formula is C24H25N3O4. The van der Waals surface area contributed by atoms with E-state index < -0.39 is 18.0 Å². The molecule has 0 saturated carbocycles. The first-order chi connectivity index (χ1) is 14.9. The fourth-order valence-electron chi connectivity index (χ4n) is 2.96. The van der Waals surface area contributed by atoms with Gasteiger partial charge < -0.3 is 10.1 Å². The highest BCUT2D eigenvalue weighted by Crippen LogP contribution is 2.17. The fraction of sp³-hybridized carbons (Fsp3) is 0.250. The molecule has 7 nitrogen and oxygen atoms in total. The second-order valence-corrected chi connectivity index (χ2v) is 7.23. The highest BCUT2D eigenvalue weighted by Gasteiger charge is 2.21. The summed E-state index contributed by atoms with van der Waals surface area (Å²) < 4.78 is 7.01. The molecule has 0 aliphatic heterocycles. The Morgan fingerprint density at radius 1 is 0.935 bits per heavy atom. The van der Waals surface area contributed by atoms with Crippen molar-refractivity contribution in [1.82, 2.24) is 9.78 Å². The van der Waals surface area contributed by atoms with E-state index in [-0.39, 0.29) is 17.4 Å². The van der Waals surface area contributed by atoms with Gasteiger partial charge in [-0.3, -0.25) is 9.59 Å². The van der Waals surface area contributed by atoms with Crippen molar-refractivity contribution < 1.29 is 19.1 Å². The first-order valence-electron chi connectivity index (χ1n) is 10.2. The van der Waals surface area contributed by atoms with Crippen LogP contribution in [0.5, 0.6) is 0 Å². The van der Waals surface area contributed by atoms with Crippen LogP contribution >= 0.6 is 0 Å². The molecule has 1 N–H and O–H groups in total. The predicted octanol–water partition coefficient (Wildman–Crippen LogP) is 4.27. The van der Waals surface area contributed by atoms with Gasteiger partial charge in [0.25, 0.3) is 5.91 Å². The standard InChI is InChI=1S/C24H25N3O4/c1-4-16(2)27-21(14-15-25-27)26-23(29)17(3)31-24(30)20-12-10-19(11-13-20)22(28)18-8-6-5-7-9-18/h5-17H,4H2,1-3H3,(H,26,29)/t16-,17-/m0/s1. The summed E-state index contributed by atoms with van der Waals surface area (Å²) in [6.45, 7) is 5.53. The molecule has 0 spiro atoms. The number of carbonyl (C=O) groups is 3. The highest BCUT2D eigenvalue weighted by molar-refractivity contribution is 6.09. The molecule has 0 bridgehead atoms. The van der Waals surface area contributed by atoms with E-state index in [2.05, 4.69) is 10.4 Å². The SMILES string of the molecule is CC[C@H](C)n1nccc1NC(=O)[C@H](C)OC(=O)c1ccc(C(=O)c2ccccc2)cc1. The van der Waals surface area contributed by atoms with E-state index in [0.29, 0.717) is 16.9 Å². The van der Waals surface area contributed by atoms with Gasteiger partial charge in [-0.2, -0.15) is 5.10 Å². The number of carbonyl (C=O) groups excluding carboxylic acids is 3. The Hall–Kier alpha value is -3.74. The van der Waals surface area contributed by atoms with Gasteiger partial charge >= 0.3 is 5.97 Å². The van der Waals surface area contributed by atoms with E-state index in [1.54, 1.807) is 53.3 Å². The molecule has 31 heavy (non-hydrogen) atoms. The number of hydrogen-bond acceptors (Lipinski definition) is 5. The fourth-order valence-corrected chi connectivity index (χ4v) is 2.96. The van der Waals surface area contributed by atoms with Crippen molar-refractivity contribution in [2.75, 3.05) is 5.32 Å². The molecule has 1 heterocycles. The van der Waals surface area contributed by atoms with Crippen molar-refractivity contribution >= 4 is 23.5 Å². The van der Waals surface area contributed by atoms with Gasteiger partial charge in [0.05, 0.1) is 17.8 Å². The van der Waals surface area contributed by atoms with Crippen LogP contribution in [-0.2, 0) is 9.53 Å². The minimum absolute atomic E-state index is 0.125. The topological polar surface area (TPSA) is 90.3 Å². The Labute approximate surface area is 181 Å². The predicted molar refractivity (Wildman–Crippen MR) is 117 cm³/mol. The largest absolute Gasteiger partial charge is 0.449 e. The van der Waals surface area contributed by atoms with Gasteiger partial charge in [-0.25, -0.2) is 9.48 Å². The molecule has 0 unspecified atom stereocenters. The number of esters is 1. The lowest BCUT2D eigenvalue weighted by Gasteiger charge is -2.17. The summed E-state index contributed by atoms with van der Waals surface area (Å²) in [6.07, 6.45) is 1.47. The summed E-state index contributed by atoms with van der Waals surface area (Å²) in [5.74, 6) is -0.678. The smallest absolute Gasteiger partial charge is 0.338 e. The zero-order valence-corrected chi connectivity index (χ0v) is 17.7. The van der Waals surface area contributed by atoms with Crippen LogP contribution in [0.15, 0.2) is 66.9 Å². The second-order valence-electron chi connectivity index (χ2n) is 7.23. The van der Waals surface area contributed by atoms with Gasteiger partial charge in [-0.15, -0.1) is 0 Å². The van der Waals surface area contributed by atoms with Crippen molar-refractivity contribution in [3.63, 3.8) is 0 Å². The van der Waals surface area contributed by atoms with Gasteiger partial charge in [0.15, 0.2) is 11.9 Å². The zero-order chi connectivity index (χ0) is 22.4. The minimum Gasteiger partial charge on any atom is -0.449 e. The molecular weight excluding hydrogens is 394 g/mol. The van der Waals surface area contributed by atoms with Crippen LogP contribution in [0, 0.1) is 0 Å². The molecule has 2 atom stereocenters. The number of nitrogens with one attached hydrogen (secondary N) is 1. The molecule has 0 fully saturated rings. The maximum atomic E-state index is 12.5. The van der Waals surface area contributed by atoms with E-state index >= 15 is 0 Å². The average molecular weight is 419 g/mol. The third-order valence-corrected chi connectivity index (χ3v) is 5.00. The van der Waals surface area contributed by atoms with Crippen LogP contribution in [0.1, 0.15) is 59.5 Å². The van der Waals surface area contributed by atoms with E-state index in [0.717, 1.165) is 6.42 Å². The molecule has 1 aromatic heterocycles. The maximum Gasteiger partial charge on any atom is 0.338 e. The maximum absolute atomic E-state index is 12.5. The monoisotopic (exact) mass is 419 g/mol. The molecule has 0 saturated heterocycles. The highest BCUT2D eigenvalue weighted by atomic mass is 16.5. The summed E-state index contributed by atoms with van der Waals surface area (Å²) in [4.78, 5) is 37.4. The number of anilines is 1. The number of amides is 1. The minimum atomic E-state index is -1.00. The van der Waals surface area contributed by atoms with Crippen LogP contribution in [0.3, 0.4) is 0 Å². The summed E-state index contributed by atoms with van der Waals surface area (Å²) in [5.41, 5.74) is 1.29. The first-order valence-corrected chi connectivity index (χ1v) is 10.2. The molecule has 1 amide bonds. The number of hydrogen-bond donors (Lipinski definition) is 1. The molecule has 7 heteroatoms.